The van der Waals surface area contributed by atoms with Gasteiger partial charge in [0.05, 0.1) is 11.6 Å². The van der Waals surface area contributed by atoms with Crippen LogP contribution >= 0.6 is 0 Å². The number of fused-ring (bicyclic) bond motifs is 1. The quantitative estimate of drug-likeness (QED) is 0.910. The van der Waals surface area contributed by atoms with Crippen LogP contribution in [0.5, 0.6) is 0 Å². The summed E-state index contributed by atoms with van der Waals surface area (Å²) in [5.74, 6) is -0.611. The Balaban J connectivity index is 1.91. The Labute approximate surface area is 135 Å². The zero-order valence-electron chi connectivity index (χ0n) is 13.2. The number of carbonyl (C=O) groups excluding carboxylic acids is 2. The molecule has 0 radical (unpaired) electrons. The summed E-state index contributed by atoms with van der Waals surface area (Å²) in [6.07, 6.45) is 4.26. The van der Waals surface area contributed by atoms with Crippen LogP contribution < -0.4 is 5.73 Å². The molecule has 0 unspecified atom stereocenters. The Bertz CT molecular complexity index is 735. The van der Waals surface area contributed by atoms with Crippen molar-refractivity contribution in [1.29, 1.82) is 0 Å². The standard InChI is InChI=1S/C18H21N3O2/c1-2-5-16-14-7-4-3-6-12(14)8-9-21(16)18(23)15-10-13(11-20-15)17(19)22/h3-4,6-7,10-11,16,20H,2,5,8-9H2,1H3,(H2,19,22)/t16-/m1/s1. The molecule has 0 spiro atoms. The van der Waals surface area contributed by atoms with Gasteiger partial charge in [-0.05, 0) is 30.0 Å². The molecule has 0 aliphatic carbocycles. The summed E-state index contributed by atoms with van der Waals surface area (Å²) in [6.45, 7) is 2.81. The Hall–Kier alpha value is -2.56. The average Bonchev–Trinajstić information content (AvgIpc) is 3.05. The van der Waals surface area contributed by atoms with E-state index in [4.69, 9.17) is 5.73 Å². The van der Waals surface area contributed by atoms with E-state index < -0.39 is 5.91 Å². The highest BCUT2D eigenvalue weighted by molar-refractivity contribution is 5.98. The fourth-order valence-corrected chi connectivity index (χ4v) is 3.29. The number of nitrogens with zero attached hydrogens (tertiary/aromatic N) is 1. The minimum atomic E-state index is -0.533. The van der Waals surface area contributed by atoms with Crippen molar-refractivity contribution < 1.29 is 9.59 Å². The highest BCUT2D eigenvalue weighted by Gasteiger charge is 2.31. The number of benzene rings is 1. The fourth-order valence-electron chi connectivity index (χ4n) is 3.29. The molecule has 0 saturated carbocycles. The van der Waals surface area contributed by atoms with E-state index in [9.17, 15) is 9.59 Å². The molecule has 1 aliphatic rings. The van der Waals surface area contributed by atoms with Gasteiger partial charge in [0.2, 0.25) is 5.91 Å². The second-order valence-electron chi connectivity index (χ2n) is 5.92. The summed E-state index contributed by atoms with van der Waals surface area (Å²) in [6, 6.07) is 9.93. The van der Waals surface area contributed by atoms with Gasteiger partial charge in [0.1, 0.15) is 5.69 Å². The van der Waals surface area contributed by atoms with Gasteiger partial charge in [0, 0.05) is 12.7 Å². The highest BCUT2D eigenvalue weighted by Crippen LogP contribution is 2.33. The molecule has 2 aromatic rings. The van der Waals surface area contributed by atoms with Crippen molar-refractivity contribution in [3.05, 3.63) is 58.9 Å². The van der Waals surface area contributed by atoms with Crippen molar-refractivity contribution in [2.75, 3.05) is 6.54 Å². The first kappa shape index (κ1) is 15.3. The summed E-state index contributed by atoms with van der Waals surface area (Å²) < 4.78 is 0. The molecule has 3 N–H and O–H groups in total. The molecule has 23 heavy (non-hydrogen) atoms. The first-order chi connectivity index (χ1) is 11.1. The Morgan fingerprint density at radius 3 is 2.83 bits per heavy atom. The maximum atomic E-state index is 12.9. The molecule has 0 bridgehead atoms. The zero-order valence-corrected chi connectivity index (χ0v) is 13.2. The van der Waals surface area contributed by atoms with Crippen molar-refractivity contribution in [3.63, 3.8) is 0 Å². The Morgan fingerprint density at radius 2 is 2.13 bits per heavy atom. The van der Waals surface area contributed by atoms with Crippen LogP contribution in [0.1, 0.15) is 57.8 Å². The summed E-state index contributed by atoms with van der Waals surface area (Å²) in [5, 5.41) is 0. The average molecular weight is 311 g/mol. The number of hydrogen-bond donors (Lipinski definition) is 2. The van der Waals surface area contributed by atoms with Crippen molar-refractivity contribution in [3.8, 4) is 0 Å². The number of hydrogen-bond acceptors (Lipinski definition) is 2. The van der Waals surface area contributed by atoms with Crippen LogP contribution in [0.2, 0.25) is 0 Å². The van der Waals surface area contributed by atoms with Crippen molar-refractivity contribution in [2.45, 2.75) is 32.2 Å². The van der Waals surface area contributed by atoms with Gasteiger partial charge in [-0.2, -0.15) is 0 Å². The molecule has 0 saturated heterocycles. The van der Waals surface area contributed by atoms with Gasteiger partial charge < -0.3 is 15.6 Å². The molecule has 5 heteroatoms. The molecule has 2 amide bonds. The van der Waals surface area contributed by atoms with Crippen molar-refractivity contribution >= 4 is 11.8 Å². The van der Waals surface area contributed by atoms with Crippen LogP contribution in [0.4, 0.5) is 0 Å². The molecular weight excluding hydrogens is 290 g/mol. The first-order valence-electron chi connectivity index (χ1n) is 7.98. The van der Waals surface area contributed by atoms with Gasteiger partial charge in [0.25, 0.3) is 5.91 Å². The fraction of sp³-hybridized carbons (Fsp3) is 0.333. The summed E-state index contributed by atoms with van der Waals surface area (Å²) >= 11 is 0. The lowest BCUT2D eigenvalue weighted by Gasteiger charge is -2.37. The summed E-state index contributed by atoms with van der Waals surface area (Å²) in [4.78, 5) is 28.9. The Morgan fingerprint density at radius 1 is 1.35 bits per heavy atom. The number of rotatable bonds is 4. The van der Waals surface area contributed by atoms with E-state index in [1.807, 2.05) is 17.0 Å². The van der Waals surface area contributed by atoms with Gasteiger partial charge in [0.15, 0.2) is 0 Å². The molecule has 3 rings (SSSR count). The van der Waals surface area contributed by atoms with E-state index in [0.717, 1.165) is 19.3 Å². The maximum Gasteiger partial charge on any atom is 0.270 e. The van der Waals surface area contributed by atoms with Crippen LogP contribution in [0.15, 0.2) is 36.5 Å². The lowest BCUT2D eigenvalue weighted by Crippen LogP contribution is -2.40. The SMILES string of the molecule is CCC[C@@H]1c2ccccc2CCN1C(=O)c1cc(C(N)=O)c[nH]1. The molecule has 120 valence electrons. The molecular formula is C18H21N3O2. The molecule has 1 aromatic heterocycles. The van der Waals surface area contributed by atoms with Crippen LogP contribution in [0, 0.1) is 0 Å². The predicted molar refractivity (Wildman–Crippen MR) is 88.1 cm³/mol. The number of H-pyrrole nitrogens is 1. The number of nitrogens with two attached hydrogens (primary N) is 1. The molecule has 0 fully saturated rings. The van der Waals surface area contributed by atoms with E-state index in [1.165, 1.54) is 23.4 Å². The summed E-state index contributed by atoms with van der Waals surface area (Å²) in [5.41, 5.74) is 8.56. The van der Waals surface area contributed by atoms with E-state index in [0.29, 0.717) is 17.8 Å². The minimum Gasteiger partial charge on any atom is -0.366 e. The van der Waals surface area contributed by atoms with Gasteiger partial charge in [-0.3, -0.25) is 9.59 Å². The van der Waals surface area contributed by atoms with Gasteiger partial charge in [-0.1, -0.05) is 37.6 Å². The number of nitrogens with one attached hydrogen (secondary N) is 1. The second kappa shape index (κ2) is 6.28. The third-order valence-corrected chi connectivity index (χ3v) is 4.43. The van der Waals surface area contributed by atoms with Crippen LogP contribution in [0.25, 0.3) is 0 Å². The van der Waals surface area contributed by atoms with Gasteiger partial charge in [-0.15, -0.1) is 0 Å². The van der Waals surface area contributed by atoms with E-state index in [-0.39, 0.29) is 11.9 Å². The largest absolute Gasteiger partial charge is 0.366 e. The second-order valence-corrected chi connectivity index (χ2v) is 5.92. The number of primary amides is 1. The van der Waals surface area contributed by atoms with Gasteiger partial charge in [-0.25, -0.2) is 0 Å². The van der Waals surface area contributed by atoms with Crippen molar-refractivity contribution in [2.24, 2.45) is 5.73 Å². The number of amides is 2. The van der Waals surface area contributed by atoms with E-state index in [2.05, 4.69) is 24.0 Å². The third kappa shape index (κ3) is 2.86. The van der Waals surface area contributed by atoms with Crippen LogP contribution in [0.3, 0.4) is 0 Å². The molecule has 5 nitrogen and oxygen atoms in total. The lowest BCUT2D eigenvalue weighted by molar-refractivity contribution is 0.0644. The Kier molecular flexibility index (Phi) is 4.19. The molecule has 2 heterocycles. The first-order valence-corrected chi connectivity index (χ1v) is 7.98. The van der Waals surface area contributed by atoms with Crippen molar-refractivity contribution in [1.82, 2.24) is 9.88 Å². The number of aromatic nitrogens is 1. The zero-order chi connectivity index (χ0) is 16.4. The van der Waals surface area contributed by atoms with E-state index in [1.54, 1.807) is 0 Å². The normalized spacial score (nSPS) is 16.9. The smallest absolute Gasteiger partial charge is 0.270 e. The topological polar surface area (TPSA) is 79.2 Å². The predicted octanol–water partition coefficient (Wildman–Crippen LogP) is 2.65. The maximum absolute atomic E-state index is 12.9. The number of carbonyl (C=O) groups is 2. The molecule has 1 aromatic carbocycles. The molecule has 1 atom stereocenters. The highest BCUT2D eigenvalue weighted by atomic mass is 16.2. The monoisotopic (exact) mass is 311 g/mol. The van der Waals surface area contributed by atoms with Crippen LogP contribution in [-0.2, 0) is 6.42 Å². The number of aromatic amines is 1. The minimum absolute atomic E-state index is 0.0783. The van der Waals surface area contributed by atoms with Crippen LogP contribution in [-0.4, -0.2) is 28.2 Å². The molecule has 1 aliphatic heterocycles. The summed E-state index contributed by atoms with van der Waals surface area (Å²) in [7, 11) is 0. The van der Waals surface area contributed by atoms with Gasteiger partial charge >= 0.3 is 0 Å². The third-order valence-electron chi connectivity index (χ3n) is 4.43. The lowest BCUT2D eigenvalue weighted by atomic mass is 9.90. The van der Waals surface area contributed by atoms with E-state index >= 15 is 0 Å².